The number of thiocarbonyl (C=S) groups is 1. The minimum absolute atomic E-state index is 0.587. The number of pyridine rings is 1. The molecule has 2 aromatic rings. The quantitative estimate of drug-likeness (QED) is 0.797. The molecule has 0 radical (unpaired) electrons. The molecule has 0 spiro atoms. The maximum absolute atomic E-state index is 8.88. The summed E-state index contributed by atoms with van der Waals surface area (Å²) in [5.74, 6) is 0.912. The Kier molecular flexibility index (Phi) is 6.61. The highest BCUT2D eigenvalue weighted by Crippen LogP contribution is 2.16. The topological polar surface area (TPSA) is 55.2 Å². The summed E-state index contributed by atoms with van der Waals surface area (Å²) >= 11 is 5.59. The van der Waals surface area contributed by atoms with Crippen LogP contribution in [0.3, 0.4) is 0 Å². The second kappa shape index (κ2) is 9.33. The molecule has 0 atom stereocenters. The number of hydrogen-bond acceptors (Lipinski definition) is 4. The van der Waals surface area contributed by atoms with Crippen LogP contribution in [0.25, 0.3) is 0 Å². The normalized spacial score (nSPS) is 13.9. The molecule has 0 amide bonds. The van der Waals surface area contributed by atoms with Gasteiger partial charge < -0.3 is 15.1 Å². The van der Waals surface area contributed by atoms with Crippen LogP contribution >= 0.6 is 12.2 Å². The highest BCUT2D eigenvalue weighted by molar-refractivity contribution is 7.80. The maximum Gasteiger partial charge on any atom is 0.173 e. The van der Waals surface area contributed by atoms with Crippen LogP contribution in [0.15, 0.2) is 42.6 Å². The molecule has 0 saturated carbocycles. The first-order chi connectivity index (χ1) is 13.2. The van der Waals surface area contributed by atoms with Crippen molar-refractivity contribution in [3.8, 4) is 6.07 Å². The van der Waals surface area contributed by atoms with Gasteiger partial charge in [0.25, 0.3) is 0 Å². The third-order valence-corrected chi connectivity index (χ3v) is 5.15. The summed E-state index contributed by atoms with van der Waals surface area (Å²) in [7, 11) is 0. The summed E-state index contributed by atoms with van der Waals surface area (Å²) in [4.78, 5) is 8.80. The van der Waals surface area contributed by atoms with E-state index in [9.17, 15) is 0 Å². The van der Waals surface area contributed by atoms with Crippen molar-refractivity contribution in [2.45, 2.75) is 26.2 Å². The Labute approximate surface area is 166 Å². The molecule has 1 aromatic heterocycles. The van der Waals surface area contributed by atoms with E-state index in [-0.39, 0.29) is 0 Å². The van der Waals surface area contributed by atoms with E-state index in [1.54, 1.807) is 6.20 Å². The van der Waals surface area contributed by atoms with Gasteiger partial charge in [0.15, 0.2) is 5.11 Å². The minimum atomic E-state index is 0.587. The van der Waals surface area contributed by atoms with E-state index in [0.29, 0.717) is 5.56 Å². The fourth-order valence-corrected chi connectivity index (χ4v) is 3.42. The average molecular weight is 380 g/mol. The number of benzene rings is 1. The van der Waals surface area contributed by atoms with Crippen LogP contribution in [0, 0.1) is 11.3 Å². The molecule has 27 heavy (non-hydrogen) atoms. The largest absolute Gasteiger partial charge is 0.353 e. The van der Waals surface area contributed by atoms with Gasteiger partial charge in [0.1, 0.15) is 11.9 Å². The molecule has 1 N–H and O–H groups in total. The Morgan fingerprint density at radius 2 is 1.89 bits per heavy atom. The van der Waals surface area contributed by atoms with E-state index in [1.807, 2.05) is 12.1 Å². The van der Waals surface area contributed by atoms with Gasteiger partial charge in [-0.1, -0.05) is 25.5 Å². The summed E-state index contributed by atoms with van der Waals surface area (Å²) in [5.41, 5.74) is 3.00. The lowest BCUT2D eigenvalue weighted by molar-refractivity contribution is 0.389. The molecule has 1 aromatic carbocycles. The Morgan fingerprint density at radius 1 is 1.15 bits per heavy atom. The van der Waals surface area contributed by atoms with Gasteiger partial charge in [0.05, 0.1) is 5.56 Å². The number of aromatic nitrogens is 1. The van der Waals surface area contributed by atoms with Crippen molar-refractivity contribution in [2.75, 3.05) is 36.4 Å². The third-order valence-electron chi connectivity index (χ3n) is 4.79. The molecule has 3 rings (SSSR count). The molecule has 0 aliphatic carbocycles. The zero-order valence-corrected chi connectivity index (χ0v) is 16.5. The fourth-order valence-electron chi connectivity index (χ4n) is 3.12. The van der Waals surface area contributed by atoms with Crippen molar-refractivity contribution in [1.29, 1.82) is 5.26 Å². The summed E-state index contributed by atoms with van der Waals surface area (Å²) in [6, 6.07) is 14.4. The molecule has 140 valence electrons. The van der Waals surface area contributed by atoms with Crippen molar-refractivity contribution in [1.82, 2.24) is 9.88 Å². The SMILES string of the molecule is CCCCc1ccc(NC(=S)N2CCN(c3ccc(C#N)cn3)CC2)cc1. The van der Waals surface area contributed by atoms with Crippen molar-refractivity contribution in [2.24, 2.45) is 0 Å². The Morgan fingerprint density at radius 3 is 2.48 bits per heavy atom. The van der Waals surface area contributed by atoms with Crippen LogP contribution in [0.4, 0.5) is 11.5 Å². The zero-order valence-electron chi connectivity index (χ0n) is 15.7. The first-order valence-electron chi connectivity index (χ1n) is 9.45. The summed E-state index contributed by atoms with van der Waals surface area (Å²) in [6.45, 7) is 5.63. The Balaban J connectivity index is 1.50. The molecule has 1 saturated heterocycles. The van der Waals surface area contributed by atoms with E-state index in [0.717, 1.165) is 49.2 Å². The molecule has 0 bridgehead atoms. The number of nitrogens with zero attached hydrogens (tertiary/aromatic N) is 4. The van der Waals surface area contributed by atoms with Crippen LogP contribution in [-0.4, -0.2) is 41.2 Å². The number of nitrogens with one attached hydrogen (secondary N) is 1. The molecule has 0 unspecified atom stereocenters. The summed E-state index contributed by atoms with van der Waals surface area (Å²) in [6.07, 6.45) is 5.20. The smallest absolute Gasteiger partial charge is 0.173 e. The van der Waals surface area contributed by atoms with Gasteiger partial charge >= 0.3 is 0 Å². The van der Waals surface area contributed by atoms with Gasteiger partial charge in [-0.2, -0.15) is 5.26 Å². The van der Waals surface area contributed by atoms with Gasteiger partial charge in [-0.05, 0) is 54.9 Å². The number of unbranched alkanes of at least 4 members (excludes halogenated alkanes) is 1. The lowest BCUT2D eigenvalue weighted by atomic mass is 10.1. The van der Waals surface area contributed by atoms with Gasteiger partial charge in [-0.3, -0.25) is 0 Å². The molecular formula is C21H25N5S. The predicted molar refractivity (Wildman–Crippen MR) is 114 cm³/mol. The third kappa shape index (κ3) is 5.18. The van der Waals surface area contributed by atoms with Crippen LogP contribution in [0.2, 0.25) is 0 Å². The molecule has 6 heteroatoms. The first kappa shape index (κ1) is 19.1. The Bertz CT molecular complexity index is 787. The van der Waals surface area contributed by atoms with E-state index < -0.39 is 0 Å². The number of hydrogen-bond donors (Lipinski definition) is 1. The highest BCUT2D eigenvalue weighted by atomic mass is 32.1. The highest BCUT2D eigenvalue weighted by Gasteiger charge is 2.20. The minimum Gasteiger partial charge on any atom is -0.353 e. The van der Waals surface area contributed by atoms with Crippen LogP contribution in [-0.2, 0) is 6.42 Å². The molecule has 5 nitrogen and oxygen atoms in total. The number of anilines is 2. The standard InChI is InChI=1S/C21H25N5S/c1-2-3-4-17-5-8-19(9-6-17)24-21(27)26-13-11-25(12-14-26)20-10-7-18(15-22)16-23-20/h5-10,16H,2-4,11-14H2,1H3,(H,24,27). The van der Waals surface area contributed by atoms with Gasteiger partial charge in [0.2, 0.25) is 0 Å². The van der Waals surface area contributed by atoms with Crippen molar-refractivity contribution < 1.29 is 0 Å². The van der Waals surface area contributed by atoms with Crippen molar-refractivity contribution >= 4 is 28.8 Å². The molecular weight excluding hydrogens is 354 g/mol. The van der Waals surface area contributed by atoms with E-state index >= 15 is 0 Å². The summed E-state index contributed by atoms with van der Waals surface area (Å²) < 4.78 is 0. The van der Waals surface area contributed by atoms with Gasteiger partial charge in [0, 0.05) is 38.1 Å². The van der Waals surface area contributed by atoms with Crippen LogP contribution < -0.4 is 10.2 Å². The predicted octanol–water partition coefficient (Wildman–Crippen LogP) is 3.81. The van der Waals surface area contributed by atoms with E-state index in [4.69, 9.17) is 17.5 Å². The monoisotopic (exact) mass is 379 g/mol. The second-order valence-corrected chi connectivity index (χ2v) is 7.11. The zero-order chi connectivity index (χ0) is 19.1. The summed E-state index contributed by atoms with van der Waals surface area (Å²) in [5, 5.41) is 13.0. The van der Waals surface area contributed by atoms with Gasteiger partial charge in [-0.25, -0.2) is 4.98 Å². The molecule has 2 heterocycles. The Hall–Kier alpha value is -2.65. The molecule has 1 aliphatic rings. The molecule has 1 aliphatic heterocycles. The first-order valence-corrected chi connectivity index (χ1v) is 9.86. The maximum atomic E-state index is 8.88. The average Bonchev–Trinajstić information content (AvgIpc) is 2.73. The van der Waals surface area contributed by atoms with Crippen molar-refractivity contribution in [3.63, 3.8) is 0 Å². The number of nitriles is 1. The van der Waals surface area contributed by atoms with E-state index in [2.05, 4.69) is 57.4 Å². The fraction of sp³-hybridized carbons (Fsp3) is 0.381. The number of rotatable bonds is 5. The number of piperazine rings is 1. The lowest BCUT2D eigenvalue weighted by Crippen LogP contribution is -2.50. The molecule has 1 fully saturated rings. The van der Waals surface area contributed by atoms with Crippen molar-refractivity contribution in [3.05, 3.63) is 53.7 Å². The van der Waals surface area contributed by atoms with E-state index in [1.165, 1.54) is 18.4 Å². The lowest BCUT2D eigenvalue weighted by Gasteiger charge is -2.36. The second-order valence-electron chi connectivity index (χ2n) is 6.72. The van der Waals surface area contributed by atoms with Crippen LogP contribution in [0.1, 0.15) is 30.9 Å². The van der Waals surface area contributed by atoms with Gasteiger partial charge in [-0.15, -0.1) is 0 Å². The van der Waals surface area contributed by atoms with Crippen LogP contribution in [0.5, 0.6) is 0 Å². The number of aryl methyl sites for hydroxylation is 1.